The van der Waals surface area contributed by atoms with Crippen molar-refractivity contribution in [2.75, 3.05) is 0 Å². The maximum Gasteiger partial charge on any atom is 0.303 e. The van der Waals surface area contributed by atoms with Crippen LogP contribution in [0.1, 0.15) is 38.2 Å². The van der Waals surface area contributed by atoms with Gasteiger partial charge in [-0.15, -0.1) is 0 Å². The first-order valence-electron chi connectivity index (χ1n) is 7.01. The van der Waals surface area contributed by atoms with E-state index >= 15 is 0 Å². The van der Waals surface area contributed by atoms with Gasteiger partial charge in [-0.05, 0) is 30.9 Å². The minimum Gasteiger partial charge on any atom is -0.481 e. The molecule has 0 aliphatic rings. The van der Waals surface area contributed by atoms with Gasteiger partial charge in [0.25, 0.3) is 0 Å². The highest BCUT2D eigenvalue weighted by molar-refractivity contribution is 5.84. The molecular weight excluding hydrogens is 238 g/mol. The van der Waals surface area contributed by atoms with Crippen molar-refractivity contribution in [2.24, 2.45) is 0 Å². The molecule has 3 nitrogen and oxygen atoms in total. The number of hydrogen-bond donors (Lipinski definition) is 1. The molecule has 0 saturated heterocycles. The summed E-state index contributed by atoms with van der Waals surface area (Å²) in [7, 11) is 0. The van der Waals surface area contributed by atoms with E-state index in [-0.39, 0.29) is 6.42 Å². The molecule has 102 valence electrons. The van der Waals surface area contributed by atoms with Crippen molar-refractivity contribution in [3.8, 4) is 0 Å². The van der Waals surface area contributed by atoms with Gasteiger partial charge in [0.05, 0.1) is 0 Å². The largest absolute Gasteiger partial charge is 0.481 e. The number of para-hydroxylation sites is 1. The summed E-state index contributed by atoms with van der Waals surface area (Å²) in [6.07, 6.45) is 6.34. The molecule has 3 heteroatoms. The molecular formula is C16H21NO2. The number of aliphatic carboxylic acids is 1. The number of unbranched alkanes of at least 4 members (excludes halogenated alkanes) is 1. The van der Waals surface area contributed by atoms with Gasteiger partial charge in [-0.25, -0.2) is 0 Å². The van der Waals surface area contributed by atoms with Gasteiger partial charge in [-0.3, -0.25) is 4.79 Å². The number of hydrogen-bond acceptors (Lipinski definition) is 1. The average Bonchev–Trinajstić information content (AvgIpc) is 2.75. The Bertz CT molecular complexity index is 557. The molecule has 19 heavy (non-hydrogen) atoms. The molecule has 0 atom stereocenters. The summed E-state index contributed by atoms with van der Waals surface area (Å²) >= 11 is 0. The fourth-order valence-electron chi connectivity index (χ4n) is 2.47. The Labute approximate surface area is 113 Å². The molecule has 0 unspecified atom stereocenters. The number of nitrogens with zero attached hydrogens (tertiary/aromatic N) is 1. The van der Waals surface area contributed by atoms with Gasteiger partial charge in [0.1, 0.15) is 0 Å². The summed E-state index contributed by atoms with van der Waals surface area (Å²) in [5.74, 6) is -0.713. The van der Waals surface area contributed by atoms with Gasteiger partial charge in [0.15, 0.2) is 0 Å². The molecule has 0 bridgehead atoms. The summed E-state index contributed by atoms with van der Waals surface area (Å²) in [5.41, 5.74) is 2.54. The fraction of sp³-hybridized carbons (Fsp3) is 0.438. The Morgan fingerprint density at radius 3 is 2.79 bits per heavy atom. The zero-order valence-electron chi connectivity index (χ0n) is 11.4. The first-order chi connectivity index (χ1) is 9.22. The van der Waals surface area contributed by atoms with E-state index < -0.39 is 5.97 Å². The van der Waals surface area contributed by atoms with Crippen molar-refractivity contribution in [2.45, 2.75) is 45.6 Å². The topological polar surface area (TPSA) is 42.2 Å². The molecule has 1 aromatic carbocycles. The number of benzene rings is 1. The van der Waals surface area contributed by atoms with E-state index in [1.807, 2.05) is 6.07 Å². The number of carboxylic acids is 1. The zero-order chi connectivity index (χ0) is 13.7. The molecule has 2 rings (SSSR count). The Balaban J connectivity index is 2.20. The molecule has 0 amide bonds. The van der Waals surface area contributed by atoms with E-state index in [0.29, 0.717) is 6.42 Å². The van der Waals surface area contributed by atoms with Crippen LogP contribution in [0.5, 0.6) is 0 Å². The second-order valence-electron chi connectivity index (χ2n) is 4.97. The predicted molar refractivity (Wildman–Crippen MR) is 77.4 cm³/mol. The third-order valence-electron chi connectivity index (χ3n) is 3.46. The maximum absolute atomic E-state index is 10.6. The molecule has 1 N–H and O–H groups in total. The number of rotatable bonds is 7. The first-order valence-corrected chi connectivity index (χ1v) is 7.01. The molecule has 0 fully saturated rings. The van der Waals surface area contributed by atoms with Crippen LogP contribution >= 0.6 is 0 Å². The Morgan fingerprint density at radius 2 is 2.05 bits per heavy atom. The summed E-state index contributed by atoms with van der Waals surface area (Å²) in [6.45, 7) is 3.23. The second kappa shape index (κ2) is 6.41. The number of aryl methyl sites for hydroxylation is 2. The van der Waals surface area contributed by atoms with Crippen LogP contribution in [0.4, 0.5) is 0 Å². The highest BCUT2D eigenvalue weighted by atomic mass is 16.4. The summed E-state index contributed by atoms with van der Waals surface area (Å²) in [4.78, 5) is 10.6. The maximum atomic E-state index is 10.6. The van der Waals surface area contributed by atoms with E-state index in [1.54, 1.807) is 0 Å². The highest BCUT2D eigenvalue weighted by Gasteiger charge is 2.08. The van der Waals surface area contributed by atoms with Crippen LogP contribution in [0.2, 0.25) is 0 Å². The van der Waals surface area contributed by atoms with Crippen molar-refractivity contribution in [1.82, 2.24) is 4.57 Å². The Morgan fingerprint density at radius 1 is 1.26 bits per heavy atom. The predicted octanol–water partition coefficient (Wildman–Crippen LogP) is 3.85. The van der Waals surface area contributed by atoms with Crippen molar-refractivity contribution in [3.05, 3.63) is 36.0 Å². The standard InChI is InChI=1S/C16H21NO2/c1-2-3-11-17-12-13(7-6-10-16(18)19)14-8-4-5-9-15(14)17/h4-5,8-9,12H,2-3,6-7,10-11H2,1H3,(H,18,19). The van der Waals surface area contributed by atoms with E-state index in [0.717, 1.165) is 13.0 Å². The monoisotopic (exact) mass is 259 g/mol. The molecule has 0 spiro atoms. The van der Waals surface area contributed by atoms with Crippen LogP contribution < -0.4 is 0 Å². The van der Waals surface area contributed by atoms with Gasteiger partial charge >= 0.3 is 5.97 Å². The van der Waals surface area contributed by atoms with Gasteiger partial charge in [-0.1, -0.05) is 31.5 Å². The fourth-order valence-corrected chi connectivity index (χ4v) is 2.47. The van der Waals surface area contributed by atoms with Crippen LogP contribution in [0, 0.1) is 0 Å². The average molecular weight is 259 g/mol. The molecule has 1 aromatic heterocycles. The molecule has 2 aromatic rings. The molecule has 0 radical (unpaired) electrons. The Hall–Kier alpha value is -1.77. The van der Waals surface area contributed by atoms with Crippen LogP contribution in [0.25, 0.3) is 10.9 Å². The number of carboxylic acid groups (broad SMARTS) is 1. The quantitative estimate of drug-likeness (QED) is 0.820. The summed E-state index contributed by atoms with van der Waals surface area (Å²) in [6, 6.07) is 8.39. The third-order valence-corrected chi connectivity index (χ3v) is 3.46. The van der Waals surface area contributed by atoms with Crippen molar-refractivity contribution in [3.63, 3.8) is 0 Å². The van der Waals surface area contributed by atoms with Gasteiger partial charge in [-0.2, -0.15) is 0 Å². The summed E-state index contributed by atoms with van der Waals surface area (Å²) < 4.78 is 2.30. The smallest absolute Gasteiger partial charge is 0.303 e. The van der Waals surface area contributed by atoms with Crippen molar-refractivity contribution in [1.29, 1.82) is 0 Å². The SMILES string of the molecule is CCCCn1cc(CCCC(=O)O)c2ccccc21. The van der Waals surface area contributed by atoms with Gasteiger partial charge in [0, 0.05) is 30.1 Å². The Kier molecular flexibility index (Phi) is 4.61. The number of fused-ring (bicyclic) bond motifs is 1. The van der Waals surface area contributed by atoms with Crippen LogP contribution in [0.3, 0.4) is 0 Å². The number of aromatic nitrogens is 1. The van der Waals surface area contributed by atoms with E-state index in [1.165, 1.54) is 29.3 Å². The summed E-state index contributed by atoms with van der Waals surface area (Å²) in [5, 5.41) is 9.99. The lowest BCUT2D eigenvalue weighted by Crippen LogP contribution is -1.96. The minimum absolute atomic E-state index is 0.245. The highest BCUT2D eigenvalue weighted by Crippen LogP contribution is 2.23. The van der Waals surface area contributed by atoms with E-state index in [9.17, 15) is 4.79 Å². The van der Waals surface area contributed by atoms with Crippen LogP contribution in [-0.4, -0.2) is 15.6 Å². The second-order valence-corrected chi connectivity index (χ2v) is 4.97. The van der Waals surface area contributed by atoms with Crippen LogP contribution in [0.15, 0.2) is 30.5 Å². The number of carbonyl (C=O) groups is 1. The minimum atomic E-state index is -0.713. The third kappa shape index (κ3) is 3.37. The lowest BCUT2D eigenvalue weighted by atomic mass is 10.1. The van der Waals surface area contributed by atoms with Crippen molar-refractivity contribution < 1.29 is 9.90 Å². The first kappa shape index (κ1) is 13.7. The molecule has 0 saturated carbocycles. The molecule has 0 aliphatic carbocycles. The molecule has 0 aliphatic heterocycles. The normalized spacial score (nSPS) is 11.0. The zero-order valence-corrected chi connectivity index (χ0v) is 11.4. The van der Waals surface area contributed by atoms with Crippen LogP contribution in [-0.2, 0) is 17.8 Å². The van der Waals surface area contributed by atoms with Crippen molar-refractivity contribution >= 4 is 16.9 Å². The van der Waals surface area contributed by atoms with Gasteiger partial charge < -0.3 is 9.67 Å². The van der Waals surface area contributed by atoms with Gasteiger partial charge in [0.2, 0.25) is 0 Å². The lowest BCUT2D eigenvalue weighted by molar-refractivity contribution is -0.137. The lowest BCUT2D eigenvalue weighted by Gasteiger charge is -2.02. The van der Waals surface area contributed by atoms with E-state index in [4.69, 9.17) is 5.11 Å². The van der Waals surface area contributed by atoms with E-state index in [2.05, 4.69) is 35.9 Å². The molecule has 1 heterocycles.